The molecule has 0 bridgehead atoms. The lowest BCUT2D eigenvalue weighted by Gasteiger charge is -2.03. The number of ether oxygens (including phenoxy) is 1. The molecule has 3 aromatic rings. The van der Waals surface area contributed by atoms with Crippen LogP contribution in [0.2, 0.25) is 0 Å². The largest absolute Gasteiger partial charge is 0.497 e. The summed E-state index contributed by atoms with van der Waals surface area (Å²) in [6, 6.07) is 12.7. The van der Waals surface area contributed by atoms with Crippen LogP contribution in [0, 0.1) is 11.3 Å². The van der Waals surface area contributed by atoms with Crippen molar-refractivity contribution in [3.8, 4) is 11.8 Å². The lowest BCUT2D eigenvalue weighted by atomic mass is 10.1. The van der Waals surface area contributed by atoms with Gasteiger partial charge in [-0.25, -0.2) is 0 Å². The van der Waals surface area contributed by atoms with E-state index in [0.717, 1.165) is 15.1 Å². The van der Waals surface area contributed by atoms with Gasteiger partial charge in [-0.3, -0.25) is 4.79 Å². The Labute approximate surface area is 113 Å². The Morgan fingerprint density at radius 3 is 2.68 bits per heavy atom. The average molecular weight is 267 g/mol. The summed E-state index contributed by atoms with van der Waals surface area (Å²) in [5, 5.41) is 10.2. The number of hydrogen-bond acceptors (Lipinski definition) is 4. The summed E-state index contributed by atoms with van der Waals surface area (Å²) in [4.78, 5) is 12.4. The summed E-state index contributed by atoms with van der Waals surface area (Å²) in [5.41, 5.74) is 0.466. The molecule has 0 aliphatic carbocycles. The minimum absolute atomic E-state index is 0.0384. The molecular formula is C15H9NO2S. The highest BCUT2D eigenvalue weighted by Gasteiger charge is 2.07. The fourth-order valence-corrected chi connectivity index (χ4v) is 3.11. The molecule has 0 saturated carbocycles. The summed E-state index contributed by atoms with van der Waals surface area (Å²) in [7, 11) is 1.60. The fourth-order valence-electron chi connectivity index (χ4n) is 2.03. The van der Waals surface area contributed by atoms with Crippen molar-refractivity contribution < 1.29 is 4.74 Å². The second-order valence-electron chi connectivity index (χ2n) is 4.12. The summed E-state index contributed by atoms with van der Waals surface area (Å²) < 4.78 is 6.94. The quantitative estimate of drug-likeness (QED) is 0.636. The van der Waals surface area contributed by atoms with E-state index < -0.39 is 0 Å². The molecule has 0 amide bonds. The Bertz CT molecular complexity index is 890. The molecule has 1 heterocycles. The zero-order valence-electron chi connectivity index (χ0n) is 10.1. The van der Waals surface area contributed by atoms with Gasteiger partial charge >= 0.3 is 0 Å². The number of methoxy groups -OCH3 is 1. The molecule has 0 radical (unpaired) electrons. The molecule has 0 aliphatic rings. The van der Waals surface area contributed by atoms with Crippen LogP contribution in [-0.2, 0) is 0 Å². The summed E-state index contributed by atoms with van der Waals surface area (Å²) in [6.07, 6.45) is 0. The van der Waals surface area contributed by atoms with E-state index in [2.05, 4.69) is 6.07 Å². The second-order valence-corrected chi connectivity index (χ2v) is 5.20. The maximum Gasteiger partial charge on any atom is 0.195 e. The molecular weight excluding hydrogens is 258 g/mol. The average Bonchev–Trinajstić information content (AvgIpc) is 2.46. The lowest BCUT2D eigenvalue weighted by Crippen LogP contribution is -2.01. The highest BCUT2D eigenvalue weighted by Crippen LogP contribution is 2.28. The van der Waals surface area contributed by atoms with E-state index in [-0.39, 0.29) is 5.43 Å². The normalized spacial score (nSPS) is 10.5. The van der Waals surface area contributed by atoms with Crippen molar-refractivity contribution in [2.24, 2.45) is 0 Å². The Kier molecular flexibility index (Phi) is 2.69. The van der Waals surface area contributed by atoms with Crippen molar-refractivity contribution >= 4 is 31.5 Å². The van der Waals surface area contributed by atoms with E-state index in [4.69, 9.17) is 10.00 Å². The molecule has 19 heavy (non-hydrogen) atoms. The van der Waals surface area contributed by atoms with Crippen molar-refractivity contribution in [1.29, 1.82) is 5.26 Å². The molecule has 2 aromatic carbocycles. The predicted molar refractivity (Wildman–Crippen MR) is 76.9 cm³/mol. The van der Waals surface area contributed by atoms with Gasteiger partial charge in [-0.15, -0.1) is 11.3 Å². The van der Waals surface area contributed by atoms with Crippen LogP contribution in [0.4, 0.5) is 0 Å². The van der Waals surface area contributed by atoms with Gasteiger partial charge < -0.3 is 4.74 Å². The van der Waals surface area contributed by atoms with Gasteiger partial charge in [-0.2, -0.15) is 5.26 Å². The first-order chi connectivity index (χ1) is 9.22. The Hall–Kier alpha value is -2.38. The molecule has 0 fully saturated rings. The van der Waals surface area contributed by atoms with Crippen LogP contribution in [0.5, 0.6) is 5.75 Å². The van der Waals surface area contributed by atoms with Gasteiger partial charge in [-0.1, -0.05) is 0 Å². The van der Waals surface area contributed by atoms with E-state index in [1.165, 1.54) is 11.3 Å². The second kappa shape index (κ2) is 4.38. The Morgan fingerprint density at radius 1 is 1.11 bits per heavy atom. The highest BCUT2D eigenvalue weighted by atomic mass is 32.1. The van der Waals surface area contributed by atoms with Crippen LogP contribution in [0.1, 0.15) is 5.56 Å². The van der Waals surface area contributed by atoms with Gasteiger partial charge in [0.05, 0.1) is 18.7 Å². The zero-order chi connectivity index (χ0) is 13.4. The SMILES string of the molecule is COc1ccc2c(=O)c3cc(C#N)ccc3sc2c1. The minimum Gasteiger partial charge on any atom is -0.497 e. The van der Waals surface area contributed by atoms with Gasteiger partial charge in [0.25, 0.3) is 0 Å². The third-order valence-electron chi connectivity index (χ3n) is 3.01. The van der Waals surface area contributed by atoms with Gasteiger partial charge in [0.1, 0.15) is 5.75 Å². The van der Waals surface area contributed by atoms with Gasteiger partial charge in [0, 0.05) is 20.2 Å². The number of nitrogens with zero attached hydrogens (tertiary/aromatic N) is 1. The van der Waals surface area contributed by atoms with Crippen LogP contribution >= 0.6 is 11.3 Å². The monoisotopic (exact) mass is 267 g/mol. The Morgan fingerprint density at radius 2 is 1.95 bits per heavy atom. The van der Waals surface area contributed by atoms with E-state index in [1.807, 2.05) is 12.1 Å². The summed E-state index contributed by atoms with van der Waals surface area (Å²) in [5.74, 6) is 0.733. The van der Waals surface area contributed by atoms with Gasteiger partial charge in [-0.05, 0) is 36.4 Å². The highest BCUT2D eigenvalue weighted by molar-refractivity contribution is 7.24. The summed E-state index contributed by atoms with van der Waals surface area (Å²) >= 11 is 1.52. The number of fused-ring (bicyclic) bond motifs is 2. The molecule has 0 saturated heterocycles. The number of rotatable bonds is 1. The van der Waals surface area contributed by atoms with Crippen molar-refractivity contribution in [3.63, 3.8) is 0 Å². The first-order valence-corrected chi connectivity index (χ1v) is 6.49. The number of benzene rings is 2. The van der Waals surface area contributed by atoms with Crippen molar-refractivity contribution in [2.75, 3.05) is 7.11 Å². The molecule has 0 atom stereocenters. The molecule has 4 heteroatoms. The van der Waals surface area contributed by atoms with Gasteiger partial charge in [0.15, 0.2) is 5.43 Å². The van der Waals surface area contributed by atoms with Crippen LogP contribution in [0.15, 0.2) is 41.2 Å². The fraction of sp³-hybridized carbons (Fsp3) is 0.0667. The van der Waals surface area contributed by atoms with Crippen LogP contribution in [-0.4, -0.2) is 7.11 Å². The van der Waals surface area contributed by atoms with E-state index in [0.29, 0.717) is 16.3 Å². The topological polar surface area (TPSA) is 50.1 Å². The third kappa shape index (κ3) is 1.85. The standard InChI is InChI=1S/C15H9NO2S/c1-18-10-3-4-11-14(7-10)19-13-5-2-9(8-16)6-12(13)15(11)17/h2-7H,1H3. The first kappa shape index (κ1) is 11.7. The molecule has 0 spiro atoms. The third-order valence-corrected chi connectivity index (χ3v) is 4.14. The number of nitriles is 1. The number of hydrogen-bond donors (Lipinski definition) is 0. The van der Waals surface area contributed by atoms with Crippen molar-refractivity contribution in [3.05, 3.63) is 52.2 Å². The maximum absolute atomic E-state index is 12.4. The van der Waals surface area contributed by atoms with Crippen LogP contribution < -0.4 is 10.2 Å². The minimum atomic E-state index is -0.0384. The zero-order valence-corrected chi connectivity index (χ0v) is 11.0. The van der Waals surface area contributed by atoms with Gasteiger partial charge in [0.2, 0.25) is 0 Å². The van der Waals surface area contributed by atoms with Crippen molar-refractivity contribution in [1.82, 2.24) is 0 Å². The molecule has 3 nitrogen and oxygen atoms in total. The summed E-state index contributed by atoms with van der Waals surface area (Å²) in [6.45, 7) is 0. The van der Waals surface area contributed by atoms with Crippen LogP contribution in [0.3, 0.4) is 0 Å². The van der Waals surface area contributed by atoms with Crippen molar-refractivity contribution in [2.45, 2.75) is 0 Å². The van der Waals surface area contributed by atoms with E-state index in [1.54, 1.807) is 31.4 Å². The molecule has 92 valence electrons. The lowest BCUT2D eigenvalue weighted by molar-refractivity contribution is 0.415. The Balaban J connectivity index is 2.45. The predicted octanol–water partition coefficient (Wildman–Crippen LogP) is 3.29. The molecule has 3 rings (SSSR count). The molecule has 0 aliphatic heterocycles. The van der Waals surface area contributed by atoms with E-state index >= 15 is 0 Å². The first-order valence-electron chi connectivity index (χ1n) is 5.67. The molecule has 0 unspecified atom stereocenters. The smallest absolute Gasteiger partial charge is 0.195 e. The molecule has 0 N–H and O–H groups in total. The maximum atomic E-state index is 12.4. The van der Waals surface area contributed by atoms with Crippen LogP contribution in [0.25, 0.3) is 20.2 Å². The van der Waals surface area contributed by atoms with E-state index in [9.17, 15) is 4.79 Å². The molecule has 1 aromatic heterocycles.